The second-order valence-corrected chi connectivity index (χ2v) is 6.82. The fourth-order valence-corrected chi connectivity index (χ4v) is 3.82. The van der Waals surface area contributed by atoms with Crippen molar-refractivity contribution in [2.45, 2.75) is 37.8 Å². The van der Waals surface area contributed by atoms with Crippen LogP contribution in [0.15, 0.2) is 53.5 Å². The van der Waals surface area contributed by atoms with Gasteiger partial charge in [0.05, 0.1) is 23.5 Å². The Morgan fingerprint density at radius 1 is 1.00 bits per heavy atom. The van der Waals surface area contributed by atoms with Gasteiger partial charge in [-0.05, 0) is 42.7 Å². The lowest BCUT2D eigenvalue weighted by molar-refractivity contribution is 0.628. The van der Waals surface area contributed by atoms with Gasteiger partial charge in [-0.1, -0.05) is 48.7 Å². The van der Waals surface area contributed by atoms with Gasteiger partial charge in [0.25, 0.3) is 0 Å². The summed E-state index contributed by atoms with van der Waals surface area (Å²) < 4.78 is 0. The van der Waals surface area contributed by atoms with Gasteiger partial charge in [-0.3, -0.25) is 4.99 Å². The summed E-state index contributed by atoms with van der Waals surface area (Å²) in [6, 6.07) is 16.3. The lowest BCUT2D eigenvalue weighted by Gasteiger charge is -2.38. The van der Waals surface area contributed by atoms with Crippen molar-refractivity contribution in [3.05, 3.63) is 59.1 Å². The maximum Gasteiger partial charge on any atom is 0.127 e. The maximum absolute atomic E-state index is 6.08. The number of halogens is 1. The Labute approximate surface area is 141 Å². The van der Waals surface area contributed by atoms with E-state index in [2.05, 4.69) is 41.0 Å². The first-order chi connectivity index (χ1) is 11.3. The van der Waals surface area contributed by atoms with E-state index >= 15 is 0 Å². The van der Waals surface area contributed by atoms with Crippen molar-refractivity contribution < 1.29 is 0 Å². The third kappa shape index (κ3) is 2.81. The molecule has 0 atom stereocenters. The van der Waals surface area contributed by atoms with Gasteiger partial charge in [0, 0.05) is 5.02 Å². The molecular formula is C19H20ClN3. The van der Waals surface area contributed by atoms with Crippen LogP contribution in [-0.4, -0.2) is 11.4 Å². The number of rotatable bonds is 2. The van der Waals surface area contributed by atoms with E-state index in [-0.39, 0.29) is 5.54 Å². The highest BCUT2D eigenvalue weighted by atomic mass is 35.5. The molecule has 2 aromatic carbocycles. The Morgan fingerprint density at radius 2 is 1.78 bits per heavy atom. The molecule has 2 aromatic rings. The van der Waals surface area contributed by atoms with Crippen molar-refractivity contribution in [2.24, 2.45) is 4.99 Å². The van der Waals surface area contributed by atoms with Crippen LogP contribution in [0.1, 0.15) is 31.2 Å². The zero-order valence-corrected chi connectivity index (χ0v) is 13.7. The van der Waals surface area contributed by atoms with Crippen LogP contribution >= 0.6 is 11.6 Å². The number of amidine groups is 1. The molecule has 4 heteroatoms. The van der Waals surface area contributed by atoms with Crippen LogP contribution in [0.2, 0.25) is 5.02 Å². The van der Waals surface area contributed by atoms with Crippen LogP contribution in [0.3, 0.4) is 0 Å². The zero-order chi connectivity index (χ0) is 15.7. The molecule has 3 nitrogen and oxygen atoms in total. The quantitative estimate of drug-likeness (QED) is 0.807. The molecule has 4 rings (SSSR count). The molecule has 1 saturated carbocycles. The van der Waals surface area contributed by atoms with Gasteiger partial charge in [0.15, 0.2) is 0 Å². The lowest BCUT2D eigenvalue weighted by Crippen LogP contribution is -2.50. The number of fused-ring (bicyclic) bond motifs is 1. The van der Waals surface area contributed by atoms with Crippen molar-refractivity contribution >= 4 is 28.8 Å². The highest BCUT2D eigenvalue weighted by Crippen LogP contribution is 2.40. The largest absolute Gasteiger partial charge is 0.371 e. The molecule has 1 aliphatic heterocycles. The second-order valence-electron chi connectivity index (χ2n) is 6.38. The predicted octanol–water partition coefficient (Wildman–Crippen LogP) is 5.09. The number of para-hydroxylation sites is 2. The van der Waals surface area contributed by atoms with Crippen molar-refractivity contribution in [1.29, 1.82) is 0 Å². The Kier molecular flexibility index (Phi) is 3.74. The van der Waals surface area contributed by atoms with E-state index in [0.29, 0.717) is 6.54 Å². The molecule has 0 amide bonds. The van der Waals surface area contributed by atoms with Crippen LogP contribution < -0.4 is 10.6 Å². The minimum Gasteiger partial charge on any atom is -0.371 e. The first-order valence-corrected chi connectivity index (χ1v) is 8.57. The Morgan fingerprint density at radius 3 is 2.57 bits per heavy atom. The fraction of sp³-hybridized carbons (Fsp3) is 0.316. The van der Waals surface area contributed by atoms with Gasteiger partial charge in [0.1, 0.15) is 5.84 Å². The Hall–Kier alpha value is -2.00. The van der Waals surface area contributed by atoms with Crippen molar-refractivity contribution in [3.63, 3.8) is 0 Å². The molecule has 0 radical (unpaired) electrons. The monoisotopic (exact) mass is 325 g/mol. The van der Waals surface area contributed by atoms with E-state index < -0.39 is 0 Å². The Bertz CT molecular complexity index is 748. The molecule has 1 spiro atoms. The van der Waals surface area contributed by atoms with Gasteiger partial charge in [-0.2, -0.15) is 0 Å². The number of hydrogen-bond donors (Lipinski definition) is 2. The maximum atomic E-state index is 6.08. The molecule has 0 bridgehead atoms. The normalized spacial score (nSPS) is 20.1. The molecule has 23 heavy (non-hydrogen) atoms. The summed E-state index contributed by atoms with van der Waals surface area (Å²) >= 11 is 6.08. The van der Waals surface area contributed by atoms with Crippen LogP contribution in [0, 0.1) is 0 Å². The average molecular weight is 326 g/mol. The first-order valence-electron chi connectivity index (χ1n) is 8.19. The number of anilines is 2. The molecular weight excluding hydrogens is 306 g/mol. The third-order valence-corrected chi connectivity index (χ3v) is 5.01. The van der Waals surface area contributed by atoms with Crippen LogP contribution in [0.4, 0.5) is 11.4 Å². The summed E-state index contributed by atoms with van der Waals surface area (Å²) in [7, 11) is 0. The minimum absolute atomic E-state index is 0.0348. The number of nitrogens with zero attached hydrogens (tertiary/aromatic N) is 1. The van der Waals surface area contributed by atoms with Gasteiger partial charge >= 0.3 is 0 Å². The lowest BCUT2D eigenvalue weighted by atomic mass is 9.92. The van der Waals surface area contributed by atoms with Crippen LogP contribution in [-0.2, 0) is 6.54 Å². The molecule has 2 N–H and O–H groups in total. The van der Waals surface area contributed by atoms with Gasteiger partial charge in [-0.15, -0.1) is 0 Å². The summed E-state index contributed by atoms with van der Waals surface area (Å²) in [5.74, 6) is 1.06. The topological polar surface area (TPSA) is 36.4 Å². The zero-order valence-electron chi connectivity index (χ0n) is 13.0. The van der Waals surface area contributed by atoms with Crippen molar-refractivity contribution in [2.75, 3.05) is 10.6 Å². The van der Waals surface area contributed by atoms with E-state index in [0.717, 1.165) is 35.0 Å². The summed E-state index contributed by atoms with van der Waals surface area (Å²) in [5.41, 5.74) is 3.39. The average Bonchev–Trinajstić information content (AvgIpc) is 3.02. The van der Waals surface area contributed by atoms with Gasteiger partial charge < -0.3 is 10.6 Å². The summed E-state index contributed by atoms with van der Waals surface area (Å²) in [4.78, 5) is 4.91. The van der Waals surface area contributed by atoms with Crippen molar-refractivity contribution in [3.8, 4) is 0 Å². The molecule has 1 aliphatic carbocycles. The number of aliphatic imine (C=N–C) groups is 1. The molecule has 1 heterocycles. The SMILES string of the molecule is Clc1cccc(CN=C2Nc3ccccc3NC23CCCC3)c1. The smallest absolute Gasteiger partial charge is 0.127 e. The highest BCUT2D eigenvalue weighted by Gasteiger charge is 2.42. The molecule has 0 saturated heterocycles. The van der Waals surface area contributed by atoms with Crippen LogP contribution in [0.25, 0.3) is 0 Å². The number of nitrogens with one attached hydrogen (secondary N) is 2. The fourth-order valence-electron chi connectivity index (χ4n) is 3.60. The van der Waals surface area contributed by atoms with Crippen molar-refractivity contribution in [1.82, 2.24) is 0 Å². The molecule has 2 aliphatic rings. The Balaban J connectivity index is 1.66. The van der Waals surface area contributed by atoms with E-state index in [4.69, 9.17) is 16.6 Å². The first kappa shape index (κ1) is 14.6. The summed E-state index contributed by atoms with van der Waals surface area (Å²) in [5, 5.41) is 8.08. The molecule has 0 aromatic heterocycles. The standard InChI is InChI=1S/C19H20ClN3/c20-15-7-5-6-14(12-15)13-21-18-19(10-3-4-11-19)23-17-9-2-1-8-16(17)22-18/h1-2,5-9,12,23H,3-4,10-11,13H2,(H,21,22). The van der Waals surface area contributed by atoms with E-state index in [1.54, 1.807) is 0 Å². The van der Waals surface area contributed by atoms with E-state index in [1.807, 2.05) is 18.2 Å². The van der Waals surface area contributed by atoms with E-state index in [9.17, 15) is 0 Å². The highest BCUT2D eigenvalue weighted by molar-refractivity contribution is 6.30. The molecule has 118 valence electrons. The predicted molar refractivity (Wildman–Crippen MR) is 97.5 cm³/mol. The molecule has 1 fully saturated rings. The summed E-state index contributed by atoms with van der Waals surface area (Å²) in [6.45, 7) is 0.647. The van der Waals surface area contributed by atoms with Gasteiger partial charge in [0.2, 0.25) is 0 Å². The van der Waals surface area contributed by atoms with Crippen LogP contribution in [0.5, 0.6) is 0 Å². The molecule has 0 unspecified atom stereocenters. The van der Waals surface area contributed by atoms with E-state index in [1.165, 1.54) is 18.5 Å². The number of hydrogen-bond acceptors (Lipinski definition) is 2. The van der Waals surface area contributed by atoms with Gasteiger partial charge in [-0.25, -0.2) is 0 Å². The summed E-state index contributed by atoms with van der Waals surface area (Å²) in [6.07, 6.45) is 4.74. The second kappa shape index (κ2) is 5.89. The third-order valence-electron chi connectivity index (χ3n) is 4.77. The number of benzene rings is 2. The minimum atomic E-state index is -0.0348.